The monoisotopic (exact) mass is 329 g/mol. The third-order valence-corrected chi connectivity index (χ3v) is 4.37. The van der Waals surface area contributed by atoms with Gasteiger partial charge < -0.3 is 15.6 Å². The number of nitrogens with one attached hydrogen (secondary N) is 1. The summed E-state index contributed by atoms with van der Waals surface area (Å²) in [6, 6.07) is 0.456. The summed E-state index contributed by atoms with van der Waals surface area (Å²) in [4.78, 5) is 22.9. The topological polar surface area (TPSA) is 78.2 Å². The predicted molar refractivity (Wildman–Crippen MR) is 79.5 cm³/mol. The number of aromatic nitrogens is 2. The van der Waals surface area contributed by atoms with Gasteiger partial charge in [-0.3, -0.25) is 9.69 Å². The van der Waals surface area contributed by atoms with Crippen molar-refractivity contribution in [1.82, 2.24) is 14.9 Å². The van der Waals surface area contributed by atoms with E-state index < -0.39 is 0 Å². The molecule has 0 spiro atoms. The molecule has 0 bridgehead atoms. The molecule has 1 aromatic heterocycles. The van der Waals surface area contributed by atoms with Gasteiger partial charge in [0.1, 0.15) is 10.3 Å². The van der Waals surface area contributed by atoms with Crippen molar-refractivity contribution >= 4 is 21.7 Å². The minimum atomic E-state index is -0.138. The number of hydrogen-bond acceptors (Lipinski definition) is 5. The summed E-state index contributed by atoms with van der Waals surface area (Å²) in [7, 11) is 0. The molecule has 7 heteroatoms. The van der Waals surface area contributed by atoms with Crippen molar-refractivity contribution < 1.29 is 0 Å². The lowest BCUT2D eigenvalue weighted by atomic mass is 10.1. The number of hydrogen-bond donors (Lipinski definition) is 2. The highest BCUT2D eigenvalue weighted by Crippen LogP contribution is 2.21. The Morgan fingerprint density at radius 3 is 2.74 bits per heavy atom. The van der Waals surface area contributed by atoms with Crippen molar-refractivity contribution in [2.45, 2.75) is 19.4 Å². The zero-order valence-corrected chi connectivity index (χ0v) is 12.7. The maximum atomic E-state index is 11.6. The first-order valence-electron chi connectivity index (χ1n) is 6.59. The van der Waals surface area contributed by atoms with Gasteiger partial charge in [0.05, 0.1) is 6.33 Å². The van der Waals surface area contributed by atoms with Crippen molar-refractivity contribution in [1.29, 1.82) is 0 Å². The van der Waals surface area contributed by atoms with Gasteiger partial charge in [-0.2, -0.15) is 0 Å². The molecule has 2 heterocycles. The third-order valence-electron chi connectivity index (χ3n) is 3.65. The van der Waals surface area contributed by atoms with E-state index in [1.165, 1.54) is 6.33 Å². The molecule has 0 aromatic carbocycles. The summed E-state index contributed by atoms with van der Waals surface area (Å²) in [5.41, 5.74) is 5.65. The Kier molecular flexibility index (Phi) is 4.95. The number of nitrogens with two attached hydrogens (primary N) is 1. The van der Waals surface area contributed by atoms with E-state index in [0.29, 0.717) is 17.1 Å². The highest BCUT2D eigenvalue weighted by molar-refractivity contribution is 9.10. The Hall–Kier alpha value is -0.920. The summed E-state index contributed by atoms with van der Waals surface area (Å²) in [6.45, 7) is 6.51. The standard InChI is InChI=1S/C12H20BrN5O/c1-2-9(7-14)17-3-5-18(6-4-17)11-10(13)12(19)16-8-15-11/h8-9H,2-7,14H2,1H3,(H,15,16,19). The van der Waals surface area contributed by atoms with Gasteiger partial charge in [0.25, 0.3) is 5.56 Å². The number of aromatic amines is 1. The van der Waals surface area contributed by atoms with E-state index in [2.05, 4.69) is 42.6 Å². The molecule has 2 rings (SSSR count). The third kappa shape index (κ3) is 3.16. The van der Waals surface area contributed by atoms with Crippen LogP contribution >= 0.6 is 15.9 Å². The zero-order valence-electron chi connectivity index (χ0n) is 11.1. The summed E-state index contributed by atoms with van der Waals surface area (Å²) >= 11 is 3.31. The average Bonchev–Trinajstić information content (AvgIpc) is 2.44. The van der Waals surface area contributed by atoms with Crippen molar-refractivity contribution in [2.75, 3.05) is 37.6 Å². The molecule has 6 nitrogen and oxygen atoms in total. The number of rotatable bonds is 4. The highest BCUT2D eigenvalue weighted by atomic mass is 79.9. The Labute approximate surface area is 121 Å². The number of halogens is 1. The van der Waals surface area contributed by atoms with Crippen LogP contribution in [0.3, 0.4) is 0 Å². The fourth-order valence-corrected chi connectivity index (χ4v) is 2.93. The van der Waals surface area contributed by atoms with Crippen LogP contribution < -0.4 is 16.2 Å². The summed E-state index contributed by atoms with van der Waals surface area (Å²) in [5.74, 6) is 0.726. The molecule has 0 saturated carbocycles. The Bertz CT molecular complexity index is 465. The first-order chi connectivity index (χ1) is 9.17. The molecule has 1 unspecified atom stereocenters. The fraction of sp³-hybridized carbons (Fsp3) is 0.667. The average molecular weight is 330 g/mol. The maximum absolute atomic E-state index is 11.6. The van der Waals surface area contributed by atoms with E-state index >= 15 is 0 Å². The fourth-order valence-electron chi connectivity index (χ4n) is 2.47. The molecule has 3 N–H and O–H groups in total. The van der Waals surface area contributed by atoms with Crippen LogP contribution in [0.25, 0.3) is 0 Å². The van der Waals surface area contributed by atoms with Crippen LogP contribution in [0.2, 0.25) is 0 Å². The lowest BCUT2D eigenvalue weighted by Crippen LogP contribution is -2.52. The molecule has 1 aromatic rings. The van der Waals surface area contributed by atoms with Crippen LogP contribution in [0.15, 0.2) is 15.6 Å². The van der Waals surface area contributed by atoms with Gasteiger partial charge in [-0.05, 0) is 22.4 Å². The first kappa shape index (κ1) is 14.5. The first-order valence-corrected chi connectivity index (χ1v) is 7.39. The zero-order chi connectivity index (χ0) is 13.8. The molecule has 1 atom stereocenters. The number of H-pyrrole nitrogens is 1. The van der Waals surface area contributed by atoms with Gasteiger partial charge in [-0.15, -0.1) is 0 Å². The molecule has 0 aliphatic carbocycles. The van der Waals surface area contributed by atoms with E-state index in [-0.39, 0.29) is 5.56 Å². The van der Waals surface area contributed by atoms with Gasteiger partial charge in [-0.1, -0.05) is 6.92 Å². The normalized spacial score (nSPS) is 18.6. The van der Waals surface area contributed by atoms with Crippen molar-refractivity contribution in [3.63, 3.8) is 0 Å². The van der Waals surface area contributed by atoms with Crippen LogP contribution in [0.5, 0.6) is 0 Å². The van der Waals surface area contributed by atoms with Crippen LogP contribution in [0.4, 0.5) is 5.82 Å². The lowest BCUT2D eigenvalue weighted by Gasteiger charge is -2.39. The van der Waals surface area contributed by atoms with Crippen LogP contribution in [-0.4, -0.2) is 53.6 Å². The second kappa shape index (κ2) is 6.49. The quantitative estimate of drug-likeness (QED) is 0.835. The number of nitrogens with zero attached hydrogens (tertiary/aromatic N) is 3. The molecule has 0 amide bonds. The SMILES string of the molecule is CCC(CN)N1CCN(c2nc[nH]c(=O)c2Br)CC1. The molecule has 1 fully saturated rings. The predicted octanol–water partition coefficient (Wildman–Crippen LogP) is 0.392. The Morgan fingerprint density at radius 1 is 1.47 bits per heavy atom. The van der Waals surface area contributed by atoms with E-state index in [9.17, 15) is 4.79 Å². The van der Waals surface area contributed by atoms with Gasteiger partial charge in [0.2, 0.25) is 0 Å². The smallest absolute Gasteiger partial charge is 0.267 e. The van der Waals surface area contributed by atoms with E-state index in [4.69, 9.17) is 5.73 Å². The Balaban J connectivity index is 2.04. The lowest BCUT2D eigenvalue weighted by molar-refractivity contribution is 0.184. The molecule has 1 saturated heterocycles. The minimum Gasteiger partial charge on any atom is -0.353 e. The minimum absolute atomic E-state index is 0.138. The molecule has 106 valence electrons. The van der Waals surface area contributed by atoms with Crippen molar-refractivity contribution in [3.05, 3.63) is 21.2 Å². The van der Waals surface area contributed by atoms with Gasteiger partial charge in [0, 0.05) is 38.8 Å². The number of piperazine rings is 1. The summed E-state index contributed by atoms with van der Waals surface area (Å²) in [6.07, 6.45) is 2.52. The summed E-state index contributed by atoms with van der Waals surface area (Å²) < 4.78 is 0.509. The van der Waals surface area contributed by atoms with E-state index in [0.717, 1.165) is 38.4 Å². The molecular formula is C12H20BrN5O. The second-order valence-electron chi connectivity index (χ2n) is 4.69. The molecule has 0 radical (unpaired) electrons. The van der Waals surface area contributed by atoms with Crippen molar-refractivity contribution in [3.8, 4) is 0 Å². The summed E-state index contributed by atoms with van der Waals surface area (Å²) in [5, 5.41) is 0. The Morgan fingerprint density at radius 2 is 2.16 bits per heavy atom. The van der Waals surface area contributed by atoms with Gasteiger partial charge in [0.15, 0.2) is 0 Å². The van der Waals surface area contributed by atoms with Gasteiger partial charge in [-0.25, -0.2) is 4.98 Å². The van der Waals surface area contributed by atoms with E-state index in [1.54, 1.807) is 0 Å². The van der Waals surface area contributed by atoms with Crippen molar-refractivity contribution in [2.24, 2.45) is 5.73 Å². The number of anilines is 1. The van der Waals surface area contributed by atoms with Crippen LogP contribution in [0, 0.1) is 0 Å². The molecule has 1 aliphatic rings. The largest absolute Gasteiger partial charge is 0.353 e. The maximum Gasteiger partial charge on any atom is 0.267 e. The van der Waals surface area contributed by atoms with Gasteiger partial charge >= 0.3 is 0 Å². The second-order valence-corrected chi connectivity index (χ2v) is 5.48. The molecular weight excluding hydrogens is 310 g/mol. The molecule has 19 heavy (non-hydrogen) atoms. The van der Waals surface area contributed by atoms with Crippen LogP contribution in [-0.2, 0) is 0 Å². The van der Waals surface area contributed by atoms with E-state index in [1.807, 2.05) is 0 Å². The van der Waals surface area contributed by atoms with Crippen LogP contribution in [0.1, 0.15) is 13.3 Å². The molecule has 1 aliphatic heterocycles. The highest BCUT2D eigenvalue weighted by Gasteiger charge is 2.24.